The molecule has 0 radical (unpaired) electrons. The Labute approximate surface area is 192 Å². The van der Waals surface area contributed by atoms with Crippen LogP contribution in [0.5, 0.6) is 5.75 Å². The largest absolute Gasteiger partial charge is 0.488 e. The third-order valence-electron chi connectivity index (χ3n) is 7.23. The Balaban J connectivity index is 1.35. The Morgan fingerprint density at radius 3 is 2.58 bits per heavy atom. The molecular weight excluding hydrogens is 426 g/mol. The molecule has 9 heteroatoms. The third kappa shape index (κ3) is 4.26. The van der Waals surface area contributed by atoms with Gasteiger partial charge in [0.2, 0.25) is 0 Å². The molecule has 1 atom stereocenters. The molecule has 33 heavy (non-hydrogen) atoms. The SMILES string of the molecule is CC(C(F)F)N1CCN(c2cc(C(=N)c3cc(OC4(C)CC4)ccc3N)ncn2)CC12CC2. The summed E-state index contributed by atoms with van der Waals surface area (Å²) >= 11 is 0. The van der Waals surface area contributed by atoms with E-state index < -0.39 is 12.5 Å². The highest BCUT2D eigenvalue weighted by molar-refractivity contribution is 6.13. The molecule has 1 unspecified atom stereocenters. The number of hydrogen-bond acceptors (Lipinski definition) is 7. The number of alkyl halides is 2. The van der Waals surface area contributed by atoms with E-state index in [1.165, 1.54) is 6.33 Å². The first-order chi connectivity index (χ1) is 15.7. The molecule has 2 aliphatic carbocycles. The molecule has 3 fully saturated rings. The van der Waals surface area contributed by atoms with Crippen LogP contribution in [-0.4, -0.2) is 63.8 Å². The summed E-state index contributed by atoms with van der Waals surface area (Å²) in [5.41, 5.74) is 7.57. The fourth-order valence-corrected chi connectivity index (χ4v) is 4.72. The maximum Gasteiger partial charge on any atom is 0.253 e. The summed E-state index contributed by atoms with van der Waals surface area (Å²) in [6.07, 6.45) is 2.96. The van der Waals surface area contributed by atoms with Gasteiger partial charge in [-0.25, -0.2) is 18.7 Å². The Morgan fingerprint density at radius 2 is 1.91 bits per heavy atom. The number of ether oxygens (including phenoxy) is 1. The van der Waals surface area contributed by atoms with Crippen molar-refractivity contribution in [2.24, 2.45) is 0 Å². The third-order valence-corrected chi connectivity index (χ3v) is 7.23. The van der Waals surface area contributed by atoms with Crippen LogP contribution in [0.15, 0.2) is 30.6 Å². The lowest BCUT2D eigenvalue weighted by atomic mass is 10.0. The van der Waals surface area contributed by atoms with Crippen LogP contribution in [0.2, 0.25) is 0 Å². The predicted octanol–water partition coefficient (Wildman–Crippen LogP) is 3.71. The number of nitrogen functional groups attached to an aromatic ring is 1. The number of nitrogens with zero attached hydrogens (tertiary/aromatic N) is 4. The number of aromatic nitrogens is 2. The van der Waals surface area contributed by atoms with Gasteiger partial charge in [0.15, 0.2) is 0 Å². The summed E-state index contributed by atoms with van der Waals surface area (Å²) in [7, 11) is 0. The molecule has 0 bridgehead atoms. The lowest BCUT2D eigenvalue weighted by Crippen LogP contribution is -2.59. The molecule has 7 nitrogen and oxygen atoms in total. The molecule has 3 N–H and O–H groups in total. The highest BCUT2D eigenvalue weighted by Gasteiger charge is 2.54. The molecule has 0 amide bonds. The second-order valence-corrected chi connectivity index (χ2v) is 9.85. The topological polar surface area (TPSA) is 91.4 Å². The van der Waals surface area contributed by atoms with Gasteiger partial charge in [-0.2, -0.15) is 0 Å². The number of nitrogens with one attached hydrogen (secondary N) is 1. The molecule has 2 heterocycles. The number of benzene rings is 1. The molecule has 3 aliphatic rings. The quantitative estimate of drug-likeness (QED) is 0.488. The molecule has 1 aromatic heterocycles. The number of hydrogen-bond donors (Lipinski definition) is 2. The van der Waals surface area contributed by atoms with Gasteiger partial charge in [0, 0.05) is 42.5 Å². The van der Waals surface area contributed by atoms with E-state index in [0.29, 0.717) is 48.1 Å². The van der Waals surface area contributed by atoms with Crippen LogP contribution in [0.1, 0.15) is 50.8 Å². The minimum absolute atomic E-state index is 0.125. The van der Waals surface area contributed by atoms with Gasteiger partial charge in [-0.05, 0) is 57.7 Å². The summed E-state index contributed by atoms with van der Waals surface area (Å²) in [6, 6.07) is 6.43. The second-order valence-electron chi connectivity index (χ2n) is 9.85. The Hall–Kier alpha value is -2.81. The number of piperazine rings is 1. The Bertz CT molecular complexity index is 1070. The van der Waals surface area contributed by atoms with Crippen LogP contribution in [0.25, 0.3) is 0 Å². The molecule has 5 rings (SSSR count). The van der Waals surface area contributed by atoms with Gasteiger partial charge in [0.25, 0.3) is 6.43 Å². The van der Waals surface area contributed by atoms with Gasteiger partial charge >= 0.3 is 0 Å². The van der Waals surface area contributed by atoms with Gasteiger partial charge < -0.3 is 15.4 Å². The van der Waals surface area contributed by atoms with Crippen LogP contribution in [0.4, 0.5) is 20.3 Å². The van der Waals surface area contributed by atoms with Gasteiger partial charge in [-0.15, -0.1) is 0 Å². The van der Waals surface area contributed by atoms with Crippen molar-refractivity contribution in [3.8, 4) is 5.75 Å². The van der Waals surface area contributed by atoms with E-state index in [0.717, 1.165) is 25.7 Å². The van der Waals surface area contributed by atoms with Crippen molar-refractivity contribution < 1.29 is 13.5 Å². The smallest absolute Gasteiger partial charge is 0.253 e. The standard InChI is InChI=1S/C24H30F2N6O/c1-15(22(25)26)32-10-9-31(13-24(32)7-8-24)20-12-19(29-14-30-20)21(28)17-11-16(3-4-18(17)27)33-23(2)5-6-23/h3-4,11-12,14-15,22,28H,5-10,13,27H2,1-2H3. The normalized spacial score (nSPS) is 21.8. The minimum atomic E-state index is -2.35. The minimum Gasteiger partial charge on any atom is -0.488 e. The first kappa shape index (κ1) is 22.0. The van der Waals surface area contributed by atoms with Crippen molar-refractivity contribution in [3.05, 3.63) is 41.9 Å². The average molecular weight is 457 g/mol. The summed E-state index contributed by atoms with van der Waals surface area (Å²) < 4.78 is 32.7. The second kappa shape index (κ2) is 7.90. The van der Waals surface area contributed by atoms with Crippen LogP contribution in [0.3, 0.4) is 0 Å². The van der Waals surface area contributed by atoms with E-state index in [-0.39, 0.29) is 16.9 Å². The zero-order chi connectivity index (χ0) is 23.4. The van der Waals surface area contributed by atoms with Crippen molar-refractivity contribution in [3.63, 3.8) is 0 Å². The van der Waals surface area contributed by atoms with E-state index in [4.69, 9.17) is 15.9 Å². The van der Waals surface area contributed by atoms with E-state index >= 15 is 0 Å². The lowest BCUT2D eigenvalue weighted by molar-refractivity contribution is -0.00102. The predicted molar refractivity (Wildman–Crippen MR) is 123 cm³/mol. The maximum absolute atomic E-state index is 13.3. The molecule has 1 saturated heterocycles. The molecule has 1 aliphatic heterocycles. The zero-order valence-corrected chi connectivity index (χ0v) is 19.0. The Kier molecular flexibility index (Phi) is 5.27. The van der Waals surface area contributed by atoms with Crippen molar-refractivity contribution in [1.29, 1.82) is 5.41 Å². The molecule has 2 aromatic rings. The summed E-state index contributed by atoms with van der Waals surface area (Å²) in [4.78, 5) is 12.8. The lowest BCUT2D eigenvalue weighted by Gasteiger charge is -2.45. The van der Waals surface area contributed by atoms with E-state index in [2.05, 4.69) is 21.8 Å². The first-order valence-electron chi connectivity index (χ1n) is 11.5. The van der Waals surface area contributed by atoms with Crippen molar-refractivity contribution in [2.75, 3.05) is 30.3 Å². The van der Waals surface area contributed by atoms with Crippen LogP contribution < -0.4 is 15.4 Å². The summed E-state index contributed by atoms with van der Waals surface area (Å²) in [5, 5.41) is 8.76. The number of anilines is 2. The summed E-state index contributed by atoms with van der Waals surface area (Å²) in [5.74, 6) is 1.40. The number of rotatable bonds is 7. The maximum atomic E-state index is 13.3. The summed E-state index contributed by atoms with van der Waals surface area (Å²) in [6.45, 7) is 5.49. The highest BCUT2D eigenvalue weighted by Crippen LogP contribution is 2.46. The van der Waals surface area contributed by atoms with Gasteiger partial charge in [-0.3, -0.25) is 10.3 Å². The van der Waals surface area contributed by atoms with Crippen molar-refractivity contribution in [1.82, 2.24) is 14.9 Å². The highest BCUT2D eigenvalue weighted by atomic mass is 19.3. The van der Waals surface area contributed by atoms with Crippen LogP contribution in [-0.2, 0) is 0 Å². The monoisotopic (exact) mass is 456 g/mol. The van der Waals surface area contributed by atoms with Crippen LogP contribution in [0, 0.1) is 5.41 Å². The van der Waals surface area contributed by atoms with Crippen molar-refractivity contribution in [2.45, 2.75) is 63.1 Å². The zero-order valence-electron chi connectivity index (χ0n) is 19.0. The number of nitrogens with two attached hydrogens (primary N) is 1. The van der Waals surface area contributed by atoms with Gasteiger partial charge in [0.1, 0.15) is 23.5 Å². The fraction of sp³-hybridized carbons (Fsp3) is 0.542. The van der Waals surface area contributed by atoms with E-state index in [9.17, 15) is 8.78 Å². The van der Waals surface area contributed by atoms with Crippen LogP contribution >= 0.6 is 0 Å². The molecule has 176 valence electrons. The average Bonchev–Trinajstić information content (AvgIpc) is 3.73. The van der Waals surface area contributed by atoms with Gasteiger partial charge in [-0.1, -0.05) is 0 Å². The van der Waals surface area contributed by atoms with E-state index in [1.807, 2.05) is 11.0 Å². The van der Waals surface area contributed by atoms with Crippen molar-refractivity contribution >= 4 is 17.2 Å². The first-order valence-corrected chi connectivity index (χ1v) is 11.5. The molecule has 2 saturated carbocycles. The molecular formula is C24H30F2N6O. The molecule has 1 aromatic carbocycles. The number of halogens is 2. The Morgan fingerprint density at radius 1 is 1.15 bits per heavy atom. The molecule has 1 spiro atoms. The van der Waals surface area contributed by atoms with E-state index in [1.54, 1.807) is 25.1 Å². The fourth-order valence-electron chi connectivity index (χ4n) is 4.72. The van der Waals surface area contributed by atoms with Gasteiger partial charge in [0.05, 0.1) is 17.4 Å².